The Morgan fingerprint density at radius 1 is 1.42 bits per heavy atom. The molecule has 0 aliphatic carbocycles. The Kier molecular flexibility index (Phi) is 5.29. The molecule has 6 heteroatoms. The van der Waals surface area contributed by atoms with Crippen LogP contribution in [0.2, 0.25) is 0 Å². The average molecular weight is 266 g/mol. The number of aryl methyl sites for hydroxylation is 1. The van der Waals surface area contributed by atoms with Gasteiger partial charge in [0.15, 0.2) is 0 Å². The molecule has 0 amide bonds. The van der Waals surface area contributed by atoms with Crippen molar-refractivity contribution in [2.45, 2.75) is 20.8 Å². The van der Waals surface area contributed by atoms with Gasteiger partial charge in [0.1, 0.15) is 12.2 Å². The van der Waals surface area contributed by atoms with Crippen molar-refractivity contribution in [3.8, 4) is 0 Å². The molecule has 0 fully saturated rings. The smallest absolute Gasteiger partial charge is 0.325 e. The van der Waals surface area contributed by atoms with Gasteiger partial charge in [-0.1, -0.05) is 6.07 Å². The van der Waals surface area contributed by atoms with E-state index in [1.807, 2.05) is 6.92 Å². The molecule has 6 nitrogen and oxygen atoms in total. The third kappa shape index (κ3) is 3.94. The van der Waals surface area contributed by atoms with Gasteiger partial charge in [0.05, 0.1) is 11.5 Å². The maximum Gasteiger partial charge on any atom is 0.325 e. The molecule has 1 aromatic rings. The van der Waals surface area contributed by atoms with E-state index in [9.17, 15) is 14.9 Å². The third-order valence-electron chi connectivity index (χ3n) is 2.68. The third-order valence-corrected chi connectivity index (χ3v) is 2.68. The van der Waals surface area contributed by atoms with Gasteiger partial charge in [-0.05, 0) is 32.4 Å². The number of carbonyl (C=O) groups is 1. The van der Waals surface area contributed by atoms with E-state index < -0.39 is 4.92 Å². The number of esters is 1. The summed E-state index contributed by atoms with van der Waals surface area (Å²) in [5, 5.41) is 11.1. The highest BCUT2D eigenvalue weighted by molar-refractivity contribution is 5.78. The highest BCUT2D eigenvalue weighted by Crippen LogP contribution is 2.28. The molecule has 0 heterocycles. The molecular weight excluding hydrogens is 248 g/mol. The second-order valence-electron chi connectivity index (χ2n) is 4.07. The van der Waals surface area contributed by atoms with Crippen LogP contribution in [0.15, 0.2) is 18.2 Å². The van der Waals surface area contributed by atoms with Gasteiger partial charge in [-0.25, -0.2) is 0 Å². The molecule has 0 saturated carbocycles. The quantitative estimate of drug-likeness (QED) is 0.448. The molecular formula is C13H18N2O4. The zero-order valence-corrected chi connectivity index (χ0v) is 11.4. The fourth-order valence-corrected chi connectivity index (χ4v) is 1.78. The second-order valence-corrected chi connectivity index (χ2v) is 4.07. The zero-order valence-electron chi connectivity index (χ0n) is 11.4. The van der Waals surface area contributed by atoms with Gasteiger partial charge in [-0.3, -0.25) is 14.9 Å². The highest BCUT2D eigenvalue weighted by Gasteiger charge is 2.20. The summed E-state index contributed by atoms with van der Waals surface area (Å²) in [5.74, 6) is -0.390. The molecule has 0 radical (unpaired) electrons. The Morgan fingerprint density at radius 2 is 2.11 bits per heavy atom. The Morgan fingerprint density at radius 3 is 2.63 bits per heavy atom. The van der Waals surface area contributed by atoms with E-state index in [0.717, 1.165) is 5.56 Å². The van der Waals surface area contributed by atoms with E-state index in [2.05, 4.69) is 0 Å². The fraction of sp³-hybridized carbons (Fsp3) is 0.462. The van der Waals surface area contributed by atoms with E-state index in [0.29, 0.717) is 18.8 Å². The van der Waals surface area contributed by atoms with E-state index in [-0.39, 0.29) is 18.2 Å². The van der Waals surface area contributed by atoms with Crippen molar-refractivity contribution in [1.29, 1.82) is 0 Å². The summed E-state index contributed by atoms with van der Waals surface area (Å²) in [6, 6.07) is 4.95. The van der Waals surface area contributed by atoms with Gasteiger partial charge in [-0.15, -0.1) is 0 Å². The van der Waals surface area contributed by atoms with E-state index in [1.165, 1.54) is 6.07 Å². The van der Waals surface area contributed by atoms with Crippen LogP contribution in [0.5, 0.6) is 0 Å². The number of hydrogen-bond donors (Lipinski definition) is 0. The molecule has 1 aromatic carbocycles. The predicted octanol–water partition coefficient (Wildman–Crippen LogP) is 2.29. The van der Waals surface area contributed by atoms with Gasteiger partial charge < -0.3 is 9.64 Å². The number of benzene rings is 1. The molecule has 0 spiro atoms. The SMILES string of the molecule is CCOC(=O)CN(CC)c1ccc(C)cc1[N+](=O)[O-]. The van der Waals surface area contributed by atoms with Gasteiger partial charge in [-0.2, -0.15) is 0 Å². The molecule has 0 unspecified atom stereocenters. The van der Waals surface area contributed by atoms with E-state index in [1.54, 1.807) is 30.9 Å². The highest BCUT2D eigenvalue weighted by atomic mass is 16.6. The van der Waals surface area contributed by atoms with E-state index in [4.69, 9.17) is 4.74 Å². The number of carbonyl (C=O) groups excluding carboxylic acids is 1. The summed E-state index contributed by atoms with van der Waals surface area (Å²) in [6.07, 6.45) is 0. The molecule has 0 aliphatic rings. The molecule has 104 valence electrons. The molecule has 0 atom stereocenters. The van der Waals surface area contributed by atoms with E-state index >= 15 is 0 Å². The number of hydrogen-bond acceptors (Lipinski definition) is 5. The Balaban J connectivity index is 3.04. The molecule has 0 aliphatic heterocycles. The van der Waals surface area contributed by atoms with Crippen molar-refractivity contribution in [3.63, 3.8) is 0 Å². The first kappa shape index (κ1) is 14.9. The number of nitro groups is 1. The predicted molar refractivity (Wildman–Crippen MR) is 72.4 cm³/mol. The molecule has 0 N–H and O–H groups in total. The van der Waals surface area contributed by atoms with Crippen LogP contribution >= 0.6 is 0 Å². The first-order chi connectivity index (χ1) is 8.99. The molecule has 0 aromatic heterocycles. The maximum absolute atomic E-state index is 11.5. The minimum atomic E-state index is -0.434. The summed E-state index contributed by atoms with van der Waals surface area (Å²) < 4.78 is 4.87. The summed E-state index contributed by atoms with van der Waals surface area (Å²) in [4.78, 5) is 23.8. The van der Waals surface area contributed by atoms with Crippen molar-refractivity contribution in [1.82, 2.24) is 0 Å². The number of nitrogens with zero attached hydrogens (tertiary/aromatic N) is 2. The Labute approximate surface area is 112 Å². The standard InChI is InChI=1S/C13H18N2O4/c1-4-14(9-13(16)19-5-2)11-7-6-10(3)8-12(11)15(17)18/h6-8H,4-5,9H2,1-3H3. The number of ether oxygens (including phenoxy) is 1. The molecule has 0 saturated heterocycles. The Bertz CT molecular complexity index is 474. The summed E-state index contributed by atoms with van der Waals surface area (Å²) >= 11 is 0. The lowest BCUT2D eigenvalue weighted by atomic mass is 10.1. The number of nitro benzene ring substituents is 1. The van der Waals surface area contributed by atoms with Crippen LogP contribution in [-0.2, 0) is 9.53 Å². The number of rotatable bonds is 6. The first-order valence-electron chi connectivity index (χ1n) is 6.15. The molecule has 1 rings (SSSR count). The first-order valence-corrected chi connectivity index (χ1v) is 6.15. The lowest BCUT2D eigenvalue weighted by molar-refractivity contribution is -0.384. The van der Waals surface area contributed by atoms with Crippen molar-refractivity contribution >= 4 is 17.3 Å². The Hall–Kier alpha value is -2.11. The van der Waals surface area contributed by atoms with Gasteiger partial charge in [0.25, 0.3) is 5.69 Å². The lowest BCUT2D eigenvalue weighted by Crippen LogP contribution is -2.31. The topological polar surface area (TPSA) is 72.7 Å². The minimum Gasteiger partial charge on any atom is -0.465 e. The maximum atomic E-state index is 11.5. The molecule has 0 bridgehead atoms. The van der Waals surface area contributed by atoms with Crippen molar-refractivity contribution in [3.05, 3.63) is 33.9 Å². The average Bonchev–Trinajstić information content (AvgIpc) is 2.36. The molecule has 19 heavy (non-hydrogen) atoms. The van der Waals surface area contributed by atoms with Crippen molar-refractivity contribution < 1.29 is 14.5 Å². The number of likely N-dealkylation sites (N-methyl/N-ethyl adjacent to an activating group) is 1. The van der Waals surface area contributed by atoms with Crippen LogP contribution in [0.25, 0.3) is 0 Å². The fourth-order valence-electron chi connectivity index (χ4n) is 1.78. The minimum absolute atomic E-state index is 0.00569. The zero-order chi connectivity index (χ0) is 14.4. The second kappa shape index (κ2) is 6.72. The van der Waals surface area contributed by atoms with Gasteiger partial charge in [0, 0.05) is 12.6 Å². The van der Waals surface area contributed by atoms with Crippen LogP contribution < -0.4 is 4.90 Å². The lowest BCUT2D eigenvalue weighted by Gasteiger charge is -2.21. The van der Waals surface area contributed by atoms with Gasteiger partial charge in [0.2, 0.25) is 0 Å². The van der Waals surface area contributed by atoms with Gasteiger partial charge >= 0.3 is 5.97 Å². The monoisotopic (exact) mass is 266 g/mol. The summed E-state index contributed by atoms with van der Waals surface area (Å²) in [6.45, 7) is 6.15. The number of anilines is 1. The van der Waals surface area contributed by atoms with Crippen LogP contribution in [-0.4, -0.2) is 30.6 Å². The van der Waals surface area contributed by atoms with Crippen molar-refractivity contribution in [2.24, 2.45) is 0 Å². The summed E-state index contributed by atoms with van der Waals surface area (Å²) in [7, 11) is 0. The normalized spacial score (nSPS) is 10.1. The van der Waals surface area contributed by atoms with Crippen LogP contribution in [0.4, 0.5) is 11.4 Å². The van der Waals surface area contributed by atoms with Crippen LogP contribution in [0.1, 0.15) is 19.4 Å². The largest absolute Gasteiger partial charge is 0.465 e. The van der Waals surface area contributed by atoms with Crippen molar-refractivity contribution in [2.75, 3.05) is 24.6 Å². The van der Waals surface area contributed by atoms with Crippen LogP contribution in [0, 0.1) is 17.0 Å². The van der Waals surface area contributed by atoms with Crippen LogP contribution in [0.3, 0.4) is 0 Å². The summed E-state index contributed by atoms with van der Waals surface area (Å²) in [5.41, 5.74) is 1.25.